The summed E-state index contributed by atoms with van der Waals surface area (Å²) in [5, 5.41) is -0.847. The third kappa shape index (κ3) is 3.91. The van der Waals surface area contributed by atoms with Crippen LogP contribution in [0.25, 0.3) is 0 Å². The van der Waals surface area contributed by atoms with Gasteiger partial charge in [0, 0.05) is 0 Å². The van der Waals surface area contributed by atoms with Crippen LogP contribution in [-0.4, -0.2) is 18.4 Å². The first-order chi connectivity index (χ1) is 8.11. The van der Waals surface area contributed by atoms with Crippen LogP contribution in [0, 0.1) is 0 Å². The molecule has 0 saturated carbocycles. The number of carbonyl (C=O) groups is 1. The number of rotatable bonds is 2. The van der Waals surface area contributed by atoms with Gasteiger partial charge in [0.25, 0.3) is 0 Å². The van der Waals surface area contributed by atoms with Crippen LogP contribution < -0.4 is 5.06 Å². The monoisotopic (exact) mass is 273 g/mol. The van der Waals surface area contributed by atoms with E-state index in [1.165, 1.54) is 6.07 Å². The number of hydroxylamine groups is 1. The number of halogens is 6. The molecule has 0 aromatic heterocycles. The van der Waals surface area contributed by atoms with E-state index in [0.29, 0.717) is 0 Å². The molecule has 0 aliphatic carbocycles. The van der Waals surface area contributed by atoms with Crippen molar-refractivity contribution in [1.29, 1.82) is 0 Å². The molecule has 0 radical (unpaired) electrons. The minimum Gasteiger partial charge on any atom is -0.262 e. The standard InChI is InChI=1S/C9H5F6NO2/c10-8(11,12)7(17)16(18-9(13,14)15)6-4-2-1-3-5-6/h1-5H. The van der Waals surface area contributed by atoms with E-state index < -0.39 is 29.2 Å². The molecule has 0 saturated heterocycles. The molecule has 1 rings (SSSR count). The van der Waals surface area contributed by atoms with Crippen molar-refractivity contribution in [2.75, 3.05) is 5.06 Å². The van der Waals surface area contributed by atoms with Gasteiger partial charge >= 0.3 is 18.4 Å². The molecule has 0 heterocycles. The lowest BCUT2D eigenvalue weighted by Crippen LogP contribution is -2.44. The summed E-state index contributed by atoms with van der Waals surface area (Å²) in [6.45, 7) is 0. The maximum Gasteiger partial charge on any atom is 0.544 e. The lowest BCUT2D eigenvalue weighted by molar-refractivity contribution is -0.329. The van der Waals surface area contributed by atoms with E-state index in [1.54, 1.807) is 0 Å². The van der Waals surface area contributed by atoms with Crippen molar-refractivity contribution >= 4 is 11.6 Å². The first-order valence-electron chi connectivity index (χ1n) is 4.33. The largest absolute Gasteiger partial charge is 0.544 e. The molecule has 0 aliphatic heterocycles. The molecule has 3 nitrogen and oxygen atoms in total. The van der Waals surface area contributed by atoms with Gasteiger partial charge in [0.05, 0.1) is 5.69 Å². The Morgan fingerprint density at radius 1 is 1.00 bits per heavy atom. The van der Waals surface area contributed by atoms with Gasteiger partial charge in [-0.15, -0.1) is 13.2 Å². The van der Waals surface area contributed by atoms with Crippen molar-refractivity contribution in [3.63, 3.8) is 0 Å². The van der Waals surface area contributed by atoms with Gasteiger partial charge in [-0.25, -0.2) is 0 Å². The Bertz CT molecular complexity index is 413. The number of carbonyl (C=O) groups excluding carboxylic acids is 1. The van der Waals surface area contributed by atoms with Gasteiger partial charge in [-0.2, -0.15) is 23.1 Å². The van der Waals surface area contributed by atoms with Crippen molar-refractivity contribution in [3.8, 4) is 0 Å². The van der Waals surface area contributed by atoms with Gasteiger partial charge in [-0.3, -0.25) is 4.79 Å². The van der Waals surface area contributed by atoms with Crippen molar-refractivity contribution in [3.05, 3.63) is 30.3 Å². The van der Waals surface area contributed by atoms with Crippen LogP contribution in [0.2, 0.25) is 0 Å². The summed E-state index contributed by atoms with van der Waals surface area (Å²) in [5.74, 6) is -2.77. The molecule has 100 valence electrons. The summed E-state index contributed by atoms with van der Waals surface area (Å²) in [4.78, 5) is 13.9. The van der Waals surface area contributed by atoms with Crippen LogP contribution in [0.4, 0.5) is 32.0 Å². The second-order valence-electron chi connectivity index (χ2n) is 2.97. The summed E-state index contributed by atoms with van der Waals surface area (Å²) in [6, 6.07) is 5.41. The molecule has 0 spiro atoms. The van der Waals surface area contributed by atoms with Gasteiger partial charge in [0.1, 0.15) is 0 Å². The zero-order chi connectivity index (χ0) is 14.0. The third-order valence-electron chi connectivity index (χ3n) is 1.61. The fraction of sp³-hybridized carbons (Fsp3) is 0.222. The molecule has 1 aromatic rings. The second kappa shape index (κ2) is 4.84. The van der Waals surface area contributed by atoms with E-state index in [-0.39, 0.29) is 0 Å². The highest BCUT2D eigenvalue weighted by Gasteiger charge is 2.48. The maximum absolute atomic E-state index is 12.1. The molecular weight excluding hydrogens is 268 g/mol. The van der Waals surface area contributed by atoms with Gasteiger partial charge in [-0.05, 0) is 12.1 Å². The van der Waals surface area contributed by atoms with Crippen molar-refractivity contribution in [1.82, 2.24) is 0 Å². The number of amides is 1. The minimum atomic E-state index is -5.49. The topological polar surface area (TPSA) is 29.5 Å². The number of hydrogen-bond acceptors (Lipinski definition) is 2. The Balaban J connectivity index is 3.08. The molecule has 1 aromatic carbocycles. The van der Waals surface area contributed by atoms with Crippen LogP contribution in [0.1, 0.15) is 0 Å². The van der Waals surface area contributed by atoms with E-state index >= 15 is 0 Å². The van der Waals surface area contributed by atoms with Gasteiger partial charge in [-0.1, -0.05) is 18.2 Å². The normalized spacial score (nSPS) is 12.3. The van der Waals surface area contributed by atoms with Crippen LogP contribution in [0.3, 0.4) is 0 Å². The number of alkyl halides is 6. The highest BCUT2D eigenvalue weighted by molar-refractivity contribution is 5.95. The Morgan fingerprint density at radius 3 is 1.89 bits per heavy atom. The fourth-order valence-electron chi connectivity index (χ4n) is 0.993. The molecule has 18 heavy (non-hydrogen) atoms. The average molecular weight is 273 g/mol. The summed E-state index contributed by atoms with van der Waals surface area (Å²) in [7, 11) is 0. The third-order valence-corrected chi connectivity index (χ3v) is 1.61. The molecular formula is C9H5F6NO2. The van der Waals surface area contributed by atoms with Crippen LogP contribution in [-0.2, 0) is 9.63 Å². The summed E-state index contributed by atoms with van der Waals surface area (Å²) in [6.07, 6.45) is -10.9. The fourth-order valence-corrected chi connectivity index (χ4v) is 0.993. The first-order valence-corrected chi connectivity index (χ1v) is 4.33. The molecule has 0 unspecified atom stereocenters. The zero-order valence-corrected chi connectivity index (χ0v) is 8.42. The Hall–Kier alpha value is -1.77. The van der Waals surface area contributed by atoms with Crippen molar-refractivity contribution in [2.24, 2.45) is 0 Å². The lowest BCUT2D eigenvalue weighted by atomic mass is 10.3. The number of hydrogen-bond donors (Lipinski definition) is 0. The molecule has 0 aliphatic rings. The molecule has 9 heteroatoms. The van der Waals surface area contributed by atoms with Gasteiger partial charge in [0.2, 0.25) is 0 Å². The summed E-state index contributed by atoms with van der Waals surface area (Å²) in [5.41, 5.74) is -0.683. The molecule has 1 amide bonds. The molecule has 0 atom stereocenters. The maximum atomic E-state index is 12.1. The predicted octanol–water partition coefficient (Wildman–Crippen LogP) is 3.03. The predicted molar refractivity (Wildman–Crippen MR) is 47.1 cm³/mol. The van der Waals surface area contributed by atoms with E-state index in [1.807, 2.05) is 0 Å². The summed E-state index contributed by atoms with van der Waals surface area (Å²) < 4.78 is 72.2. The first kappa shape index (κ1) is 14.3. The Morgan fingerprint density at radius 2 is 1.50 bits per heavy atom. The average Bonchev–Trinajstić information content (AvgIpc) is 2.24. The van der Waals surface area contributed by atoms with Crippen LogP contribution in [0.15, 0.2) is 30.3 Å². The second-order valence-corrected chi connectivity index (χ2v) is 2.97. The van der Waals surface area contributed by atoms with E-state index in [9.17, 15) is 31.1 Å². The SMILES string of the molecule is O=C(N(OC(F)(F)F)c1ccccc1)C(F)(F)F. The number of para-hydroxylation sites is 1. The quantitative estimate of drug-likeness (QED) is 0.612. The van der Waals surface area contributed by atoms with Gasteiger partial charge in [0.15, 0.2) is 0 Å². The van der Waals surface area contributed by atoms with E-state index in [0.717, 1.165) is 24.3 Å². The van der Waals surface area contributed by atoms with E-state index in [2.05, 4.69) is 4.84 Å². The van der Waals surface area contributed by atoms with Gasteiger partial charge < -0.3 is 0 Å². The minimum absolute atomic E-state index is 0.683. The lowest BCUT2D eigenvalue weighted by Gasteiger charge is -2.23. The number of benzene rings is 1. The highest BCUT2D eigenvalue weighted by atomic mass is 19.4. The van der Waals surface area contributed by atoms with E-state index in [4.69, 9.17) is 0 Å². The van der Waals surface area contributed by atoms with Crippen molar-refractivity contribution in [2.45, 2.75) is 12.5 Å². The number of nitrogens with zero attached hydrogens (tertiary/aromatic N) is 1. The summed E-state index contributed by atoms with van der Waals surface area (Å²) >= 11 is 0. The van der Waals surface area contributed by atoms with Crippen LogP contribution in [0.5, 0.6) is 0 Å². The molecule has 0 bridgehead atoms. The molecule has 0 fully saturated rings. The van der Waals surface area contributed by atoms with Crippen LogP contribution >= 0.6 is 0 Å². The number of anilines is 1. The smallest absolute Gasteiger partial charge is 0.262 e. The zero-order valence-electron chi connectivity index (χ0n) is 8.42. The molecule has 0 N–H and O–H groups in total. The highest BCUT2D eigenvalue weighted by Crippen LogP contribution is 2.28. The Kier molecular flexibility index (Phi) is 3.85. The Labute approximate surface area is 96.5 Å². The van der Waals surface area contributed by atoms with Crippen molar-refractivity contribution < 1.29 is 36.0 Å².